The largest absolute Gasteiger partial charge is 0.465 e. The van der Waals surface area contributed by atoms with E-state index in [9.17, 15) is 9.18 Å². The van der Waals surface area contributed by atoms with Crippen molar-refractivity contribution in [1.82, 2.24) is 4.90 Å². The summed E-state index contributed by atoms with van der Waals surface area (Å²) >= 11 is 1.74. The van der Waals surface area contributed by atoms with Crippen molar-refractivity contribution < 1.29 is 13.9 Å². The van der Waals surface area contributed by atoms with Crippen molar-refractivity contribution in [1.29, 1.82) is 0 Å². The summed E-state index contributed by atoms with van der Waals surface area (Å²) in [6, 6.07) is 4.63. The first kappa shape index (κ1) is 15.0. The van der Waals surface area contributed by atoms with Gasteiger partial charge in [-0.15, -0.1) is 0 Å². The standard InChI is InChI=1S/C13H18FNO2S/c1-15(2)6-7-18-9-10-4-5-11(12(14)8-10)13(16)17-3/h4-5,8H,6-7,9H2,1-3H3. The molecule has 0 N–H and O–H groups in total. The van der Waals surface area contributed by atoms with Crippen molar-refractivity contribution in [3.8, 4) is 0 Å². The summed E-state index contributed by atoms with van der Waals surface area (Å²) in [4.78, 5) is 13.3. The van der Waals surface area contributed by atoms with E-state index in [4.69, 9.17) is 0 Å². The molecular weight excluding hydrogens is 253 g/mol. The first-order valence-electron chi connectivity index (χ1n) is 5.64. The van der Waals surface area contributed by atoms with Crippen LogP contribution in [0.4, 0.5) is 4.39 Å². The highest BCUT2D eigenvalue weighted by atomic mass is 32.2. The minimum absolute atomic E-state index is 0.0143. The topological polar surface area (TPSA) is 29.5 Å². The van der Waals surface area contributed by atoms with Crippen LogP contribution in [0.5, 0.6) is 0 Å². The summed E-state index contributed by atoms with van der Waals surface area (Å²) in [6.45, 7) is 0.993. The lowest BCUT2D eigenvalue weighted by Crippen LogP contribution is -2.14. The average Bonchev–Trinajstić information content (AvgIpc) is 2.33. The van der Waals surface area contributed by atoms with Gasteiger partial charge < -0.3 is 9.64 Å². The summed E-state index contributed by atoms with van der Waals surface area (Å²) in [5.41, 5.74) is 0.864. The van der Waals surface area contributed by atoms with Gasteiger partial charge in [-0.3, -0.25) is 0 Å². The van der Waals surface area contributed by atoms with Gasteiger partial charge in [0.15, 0.2) is 0 Å². The summed E-state index contributed by atoms with van der Waals surface area (Å²) in [5, 5.41) is 0. The molecule has 1 aromatic rings. The number of thioether (sulfide) groups is 1. The summed E-state index contributed by atoms with van der Waals surface area (Å²) < 4.78 is 18.1. The van der Waals surface area contributed by atoms with Gasteiger partial charge >= 0.3 is 5.97 Å². The number of hydrogen-bond acceptors (Lipinski definition) is 4. The Bertz CT molecular complexity index is 410. The Labute approximate surface area is 111 Å². The minimum Gasteiger partial charge on any atom is -0.465 e. The maximum absolute atomic E-state index is 13.6. The normalized spacial score (nSPS) is 10.7. The first-order chi connectivity index (χ1) is 8.54. The molecular formula is C13H18FNO2S. The number of hydrogen-bond donors (Lipinski definition) is 0. The molecule has 0 fully saturated rings. The Kier molecular flexibility index (Phi) is 6.15. The van der Waals surface area contributed by atoms with Crippen molar-refractivity contribution in [3.05, 3.63) is 35.1 Å². The quantitative estimate of drug-likeness (QED) is 0.587. The van der Waals surface area contributed by atoms with Crippen LogP contribution < -0.4 is 0 Å². The van der Waals surface area contributed by atoms with Gasteiger partial charge in [0.1, 0.15) is 5.82 Å². The van der Waals surface area contributed by atoms with Gasteiger partial charge in [0.2, 0.25) is 0 Å². The number of rotatable bonds is 6. The summed E-state index contributed by atoms with van der Waals surface area (Å²) in [5.74, 6) is 0.575. The van der Waals surface area contributed by atoms with Gasteiger partial charge in [-0.2, -0.15) is 11.8 Å². The van der Waals surface area contributed by atoms with Crippen molar-refractivity contribution in [2.75, 3.05) is 33.5 Å². The van der Waals surface area contributed by atoms with Crippen LogP contribution in [0.25, 0.3) is 0 Å². The van der Waals surface area contributed by atoms with Crippen LogP contribution in [0.2, 0.25) is 0 Å². The number of carbonyl (C=O) groups is 1. The highest BCUT2D eigenvalue weighted by molar-refractivity contribution is 7.98. The molecule has 0 aliphatic heterocycles. The van der Waals surface area contributed by atoms with Crippen LogP contribution in [0, 0.1) is 5.82 Å². The Morgan fingerprint density at radius 1 is 1.44 bits per heavy atom. The van der Waals surface area contributed by atoms with Gasteiger partial charge in [-0.05, 0) is 31.8 Å². The Balaban J connectivity index is 2.54. The number of benzene rings is 1. The fraction of sp³-hybridized carbons (Fsp3) is 0.462. The molecule has 18 heavy (non-hydrogen) atoms. The second kappa shape index (κ2) is 7.38. The van der Waals surface area contributed by atoms with Gasteiger partial charge in [-0.1, -0.05) is 6.07 Å². The molecule has 1 aromatic carbocycles. The maximum atomic E-state index is 13.6. The average molecular weight is 271 g/mol. The number of carbonyl (C=O) groups excluding carboxylic acids is 1. The number of esters is 1. The zero-order valence-electron chi connectivity index (χ0n) is 10.9. The van der Waals surface area contributed by atoms with Crippen LogP contribution in [0.1, 0.15) is 15.9 Å². The highest BCUT2D eigenvalue weighted by Crippen LogP contribution is 2.16. The van der Waals surface area contributed by atoms with Gasteiger partial charge in [-0.25, -0.2) is 9.18 Å². The molecule has 0 aromatic heterocycles. The first-order valence-corrected chi connectivity index (χ1v) is 6.79. The van der Waals surface area contributed by atoms with Crippen molar-refractivity contribution >= 4 is 17.7 Å². The van der Waals surface area contributed by atoms with Gasteiger partial charge in [0.25, 0.3) is 0 Å². The van der Waals surface area contributed by atoms with Crippen LogP contribution >= 0.6 is 11.8 Å². The predicted molar refractivity (Wildman–Crippen MR) is 72.5 cm³/mol. The molecule has 0 aliphatic carbocycles. The highest BCUT2D eigenvalue weighted by Gasteiger charge is 2.12. The number of methoxy groups -OCH3 is 1. The molecule has 0 amide bonds. The molecule has 0 saturated carbocycles. The van der Waals surface area contributed by atoms with E-state index in [2.05, 4.69) is 9.64 Å². The molecule has 100 valence electrons. The monoisotopic (exact) mass is 271 g/mol. The van der Waals surface area contributed by atoms with E-state index >= 15 is 0 Å². The van der Waals surface area contributed by atoms with Crippen molar-refractivity contribution in [2.24, 2.45) is 0 Å². The SMILES string of the molecule is COC(=O)c1ccc(CSCCN(C)C)cc1F. The Morgan fingerprint density at radius 3 is 2.72 bits per heavy atom. The van der Waals surface area contributed by atoms with E-state index < -0.39 is 11.8 Å². The second-order valence-electron chi connectivity index (χ2n) is 4.16. The van der Waals surface area contributed by atoms with Crippen LogP contribution in [-0.4, -0.2) is 44.4 Å². The third kappa shape index (κ3) is 4.66. The van der Waals surface area contributed by atoms with E-state index in [0.29, 0.717) is 0 Å². The second-order valence-corrected chi connectivity index (χ2v) is 5.27. The lowest BCUT2D eigenvalue weighted by molar-refractivity contribution is 0.0595. The molecule has 0 heterocycles. The summed E-state index contributed by atoms with van der Waals surface area (Å²) in [6.07, 6.45) is 0. The molecule has 0 unspecified atom stereocenters. The minimum atomic E-state index is -0.640. The third-order valence-electron chi connectivity index (χ3n) is 2.39. The molecule has 1 rings (SSSR count). The molecule has 0 bridgehead atoms. The molecule has 0 radical (unpaired) electrons. The Hall–Kier alpha value is -1.07. The number of nitrogens with zero attached hydrogens (tertiary/aromatic N) is 1. The van der Waals surface area contributed by atoms with Crippen LogP contribution in [0.3, 0.4) is 0 Å². The third-order valence-corrected chi connectivity index (χ3v) is 3.40. The molecule has 5 heteroatoms. The van der Waals surface area contributed by atoms with Gasteiger partial charge in [0.05, 0.1) is 12.7 Å². The lowest BCUT2D eigenvalue weighted by atomic mass is 10.1. The van der Waals surface area contributed by atoms with E-state index in [-0.39, 0.29) is 5.56 Å². The van der Waals surface area contributed by atoms with E-state index in [1.807, 2.05) is 14.1 Å². The van der Waals surface area contributed by atoms with E-state index in [1.165, 1.54) is 19.2 Å². The number of ether oxygens (including phenoxy) is 1. The summed E-state index contributed by atoms with van der Waals surface area (Å²) in [7, 11) is 5.28. The fourth-order valence-electron chi connectivity index (χ4n) is 1.36. The molecule has 0 spiro atoms. The molecule has 0 aliphatic rings. The fourth-order valence-corrected chi connectivity index (χ4v) is 2.41. The smallest absolute Gasteiger partial charge is 0.340 e. The Morgan fingerprint density at radius 2 is 2.17 bits per heavy atom. The number of halogens is 1. The van der Waals surface area contributed by atoms with Crippen LogP contribution in [-0.2, 0) is 10.5 Å². The van der Waals surface area contributed by atoms with Gasteiger partial charge in [0, 0.05) is 18.1 Å². The zero-order chi connectivity index (χ0) is 13.5. The predicted octanol–water partition coefficient (Wildman–Crippen LogP) is 2.41. The van der Waals surface area contributed by atoms with Crippen molar-refractivity contribution in [3.63, 3.8) is 0 Å². The van der Waals surface area contributed by atoms with E-state index in [1.54, 1.807) is 17.8 Å². The molecule has 3 nitrogen and oxygen atoms in total. The zero-order valence-corrected chi connectivity index (χ0v) is 11.7. The van der Waals surface area contributed by atoms with E-state index in [0.717, 1.165) is 23.6 Å². The molecule has 0 saturated heterocycles. The lowest BCUT2D eigenvalue weighted by Gasteiger charge is -2.09. The maximum Gasteiger partial charge on any atom is 0.340 e. The van der Waals surface area contributed by atoms with Crippen molar-refractivity contribution in [2.45, 2.75) is 5.75 Å². The van der Waals surface area contributed by atoms with Crippen LogP contribution in [0.15, 0.2) is 18.2 Å². The molecule has 0 atom stereocenters.